The number of hydrogen-bond acceptors (Lipinski definition) is 7. The summed E-state index contributed by atoms with van der Waals surface area (Å²) in [6, 6.07) is 13.7. The number of anilines is 1. The van der Waals surface area contributed by atoms with E-state index in [1.165, 1.54) is 28.8 Å². The highest BCUT2D eigenvalue weighted by molar-refractivity contribution is 6.30. The minimum atomic E-state index is -1.10. The Kier molecular flexibility index (Phi) is 10.4. The zero-order chi connectivity index (χ0) is 36.6. The predicted molar refractivity (Wildman–Crippen MR) is 202 cm³/mol. The fraction of sp³-hybridized carbons (Fsp3) is 0.548. The molecule has 1 fully saturated rings. The molecule has 0 saturated heterocycles. The van der Waals surface area contributed by atoms with Crippen LogP contribution >= 0.6 is 11.6 Å². The quantitative estimate of drug-likeness (QED) is 0.216. The number of aryl methyl sites for hydroxylation is 1. The fourth-order valence-electron chi connectivity index (χ4n) is 9.42. The number of aromatic nitrogens is 1. The van der Waals surface area contributed by atoms with Gasteiger partial charge in [-0.3, -0.25) is 9.78 Å². The van der Waals surface area contributed by atoms with Gasteiger partial charge in [-0.1, -0.05) is 31.5 Å². The van der Waals surface area contributed by atoms with Gasteiger partial charge in [0.05, 0.1) is 19.8 Å². The van der Waals surface area contributed by atoms with Gasteiger partial charge in [0.15, 0.2) is 11.5 Å². The molecule has 0 bridgehead atoms. The van der Waals surface area contributed by atoms with Gasteiger partial charge in [-0.25, -0.2) is 4.79 Å². The number of carbonyl (C=O) groups is 2. The second kappa shape index (κ2) is 14.8. The summed E-state index contributed by atoms with van der Waals surface area (Å²) in [4.78, 5) is 31.3. The average Bonchev–Trinajstić information content (AvgIpc) is 3.24. The molecule has 1 aromatic heterocycles. The second-order valence-electron chi connectivity index (χ2n) is 16.0. The SMILES string of the molecule is CC(=O)N(C)CC1COc2cc3c(cc2OC1)[C@]1(CC[C@@](Nc2cccc(Cl)c2)(C(=O)O)CC1)[C@@H](C[C@@H](C)COc1ccnc2c1[C@H](C)CCC2)C3. The van der Waals surface area contributed by atoms with Gasteiger partial charge in [-0.15, -0.1) is 0 Å². The van der Waals surface area contributed by atoms with Gasteiger partial charge in [0.25, 0.3) is 0 Å². The highest BCUT2D eigenvalue weighted by Gasteiger charge is 2.54. The van der Waals surface area contributed by atoms with Crippen molar-refractivity contribution in [2.75, 3.05) is 38.7 Å². The molecule has 278 valence electrons. The molecule has 1 unspecified atom stereocenters. The van der Waals surface area contributed by atoms with E-state index in [2.05, 4.69) is 36.3 Å². The molecule has 4 atom stereocenters. The smallest absolute Gasteiger partial charge is 0.329 e. The van der Waals surface area contributed by atoms with Gasteiger partial charge in [0.1, 0.15) is 11.3 Å². The Balaban J connectivity index is 1.14. The van der Waals surface area contributed by atoms with E-state index in [1.54, 1.807) is 31.0 Å². The zero-order valence-electron chi connectivity index (χ0n) is 30.9. The summed E-state index contributed by atoms with van der Waals surface area (Å²) in [5.41, 5.74) is 4.35. The minimum Gasteiger partial charge on any atom is -0.493 e. The summed E-state index contributed by atoms with van der Waals surface area (Å²) in [7, 11) is 1.80. The fourth-order valence-corrected chi connectivity index (χ4v) is 9.61. The van der Waals surface area contributed by atoms with Gasteiger partial charge >= 0.3 is 5.97 Å². The van der Waals surface area contributed by atoms with Crippen LogP contribution in [0.3, 0.4) is 0 Å². The summed E-state index contributed by atoms with van der Waals surface area (Å²) >= 11 is 6.29. The van der Waals surface area contributed by atoms with Crippen molar-refractivity contribution in [3.05, 3.63) is 76.1 Å². The van der Waals surface area contributed by atoms with Crippen molar-refractivity contribution in [3.8, 4) is 17.2 Å². The largest absolute Gasteiger partial charge is 0.493 e. The third-order valence-corrected chi connectivity index (χ3v) is 12.6. The highest BCUT2D eigenvalue weighted by atomic mass is 35.5. The van der Waals surface area contributed by atoms with E-state index in [-0.39, 0.29) is 23.2 Å². The molecule has 4 aliphatic rings. The van der Waals surface area contributed by atoms with Crippen molar-refractivity contribution in [3.63, 3.8) is 0 Å². The number of halogens is 1. The minimum absolute atomic E-state index is 0.0163. The van der Waals surface area contributed by atoms with Crippen LogP contribution in [0.1, 0.15) is 94.0 Å². The van der Waals surface area contributed by atoms with E-state index in [0.29, 0.717) is 61.8 Å². The van der Waals surface area contributed by atoms with E-state index < -0.39 is 11.5 Å². The normalized spacial score (nSPS) is 26.8. The Morgan fingerprint density at radius 3 is 2.58 bits per heavy atom. The van der Waals surface area contributed by atoms with Crippen LogP contribution in [0.5, 0.6) is 17.2 Å². The number of rotatable bonds is 10. The number of benzene rings is 2. The van der Waals surface area contributed by atoms with Crippen LogP contribution in [0.4, 0.5) is 5.69 Å². The molecule has 10 heteroatoms. The van der Waals surface area contributed by atoms with Crippen molar-refractivity contribution in [1.29, 1.82) is 0 Å². The van der Waals surface area contributed by atoms with Gasteiger partial charge < -0.3 is 29.5 Å². The van der Waals surface area contributed by atoms with E-state index >= 15 is 0 Å². The molecule has 1 aliphatic heterocycles. The number of nitrogens with one attached hydrogen (secondary N) is 1. The van der Waals surface area contributed by atoms with E-state index in [0.717, 1.165) is 55.8 Å². The summed E-state index contributed by atoms with van der Waals surface area (Å²) in [6.07, 6.45) is 9.44. The molecule has 2 heterocycles. The van der Waals surface area contributed by atoms with E-state index in [1.807, 2.05) is 24.4 Å². The van der Waals surface area contributed by atoms with Crippen LogP contribution in [0.2, 0.25) is 5.02 Å². The first-order valence-corrected chi connectivity index (χ1v) is 19.4. The van der Waals surface area contributed by atoms with Crippen molar-refractivity contribution in [2.24, 2.45) is 17.8 Å². The lowest BCUT2D eigenvalue weighted by Gasteiger charge is -2.47. The predicted octanol–water partition coefficient (Wildman–Crippen LogP) is 8.07. The third-order valence-electron chi connectivity index (χ3n) is 12.4. The van der Waals surface area contributed by atoms with Gasteiger partial charge in [0, 0.05) is 54.6 Å². The Hall–Kier alpha value is -3.98. The van der Waals surface area contributed by atoms with Gasteiger partial charge in [-0.2, -0.15) is 0 Å². The lowest BCUT2D eigenvalue weighted by atomic mass is 9.59. The molecule has 52 heavy (non-hydrogen) atoms. The number of ether oxygens (including phenoxy) is 3. The molecular formula is C42H52ClN3O6. The number of carbonyl (C=O) groups excluding carboxylic acids is 1. The maximum absolute atomic E-state index is 13.0. The van der Waals surface area contributed by atoms with Crippen molar-refractivity contribution < 1.29 is 28.9 Å². The second-order valence-corrected chi connectivity index (χ2v) is 16.5. The maximum Gasteiger partial charge on any atom is 0.329 e. The molecule has 3 aromatic rings. The van der Waals surface area contributed by atoms with Crippen LogP contribution in [0.15, 0.2) is 48.7 Å². The van der Waals surface area contributed by atoms with E-state index in [4.69, 9.17) is 25.8 Å². The van der Waals surface area contributed by atoms with Crippen LogP contribution in [0.25, 0.3) is 0 Å². The number of amides is 1. The topological polar surface area (TPSA) is 110 Å². The summed E-state index contributed by atoms with van der Waals surface area (Å²) < 4.78 is 19.4. The van der Waals surface area contributed by atoms with Gasteiger partial charge in [-0.05, 0) is 128 Å². The van der Waals surface area contributed by atoms with Crippen LogP contribution in [0, 0.1) is 17.8 Å². The number of fused-ring (bicyclic) bond motifs is 4. The Morgan fingerprint density at radius 2 is 1.87 bits per heavy atom. The first-order chi connectivity index (χ1) is 25.0. The molecule has 7 rings (SSSR count). The zero-order valence-corrected chi connectivity index (χ0v) is 31.6. The standard InChI is InChI=1S/C42H52ClN3O6/c1-26(23-50-36-11-16-44-35-10-5-7-27(2)39(35)36)17-31-18-30-19-37-38(52-25-29(24-51-37)22-46(4)28(3)47)21-34(30)41(31)12-14-42(15-13-41,40(48)49)45-33-9-6-8-32(43)20-33/h6,8-9,11,16,19-21,26-27,29,31,45H,5,7,10,12-15,17-18,22-25H2,1-4H3,(H,48,49)/t26-,27-,29?,31+,41-,42-/m1/s1. The van der Waals surface area contributed by atoms with Crippen LogP contribution in [-0.4, -0.2) is 65.8 Å². The van der Waals surface area contributed by atoms with E-state index in [9.17, 15) is 14.7 Å². The molecule has 2 aromatic carbocycles. The first-order valence-electron chi connectivity index (χ1n) is 19.0. The molecule has 0 radical (unpaired) electrons. The van der Waals surface area contributed by atoms with Crippen LogP contribution < -0.4 is 19.5 Å². The summed E-state index contributed by atoms with van der Waals surface area (Å²) in [6.45, 7) is 8.22. The Morgan fingerprint density at radius 1 is 1.12 bits per heavy atom. The third kappa shape index (κ3) is 7.17. The number of aliphatic carboxylic acids is 1. The maximum atomic E-state index is 13.0. The molecule has 1 amide bonds. The molecule has 3 aliphatic carbocycles. The first kappa shape index (κ1) is 36.4. The molecule has 1 spiro atoms. The number of hydrogen-bond donors (Lipinski definition) is 2. The molecular weight excluding hydrogens is 678 g/mol. The lowest BCUT2D eigenvalue weighted by Crippen LogP contribution is -2.53. The summed E-state index contributed by atoms with van der Waals surface area (Å²) in [5, 5.41) is 14.6. The molecule has 2 N–H and O–H groups in total. The van der Waals surface area contributed by atoms with Crippen molar-refractivity contribution in [2.45, 2.75) is 95.4 Å². The Labute approximate surface area is 312 Å². The van der Waals surface area contributed by atoms with Crippen molar-refractivity contribution in [1.82, 2.24) is 9.88 Å². The van der Waals surface area contributed by atoms with Crippen LogP contribution in [-0.2, 0) is 27.8 Å². The summed E-state index contributed by atoms with van der Waals surface area (Å²) in [5.74, 6) is 2.69. The van der Waals surface area contributed by atoms with Gasteiger partial charge in [0.2, 0.25) is 5.91 Å². The number of nitrogens with zero attached hydrogens (tertiary/aromatic N) is 2. The number of carboxylic acids is 1. The monoisotopic (exact) mass is 729 g/mol. The molecule has 1 saturated carbocycles. The molecule has 9 nitrogen and oxygen atoms in total. The number of carboxylic acid groups (broad SMARTS) is 1. The highest BCUT2D eigenvalue weighted by Crippen LogP contribution is 2.58. The van der Waals surface area contributed by atoms with Crippen molar-refractivity contribution >= 4 is 29.2 Å². The Bertz CT molecular complexity index is 1810. The number of pyridine rings is 1. The average molecular weight is 730 g/mol. The lowest BCUT2D eigenvalue weighted by molar-refractivity contribution is -0.144.